The van der Waals surface area contributed by atoms with E-state index in [0.717, 1.165) is 6.42 Å². The molecule has 2 N–H and O–H groups in total. The zero-order valence-electron chi connectivity index (χ0n) is 11.7. The van der Waals surface area contributed by atoms with Gasteiger partial charge in [-0.05, 0) is 24.2 Å². The number of carbonyl (C=O) groups is 1. The van der Waals surface area contributed by atoms with E-state index in [1.807, 2.05) is 26.2 Å². The number of carbonyl (C=O) groups excluding carboxylic acids is 1. The van der Waals surface area contributed by atoms with Gasteiger partial charge in [0.15, 0.2) is 0 Å². The van der Waals surface area contributed by atoms with Gasteiger partial charge < -0.3 is 4.55 Å². The third-order valence-corrected chi connectivity index (χ3v) is 5.85. The van der Waals surface area contributed by atoms with Crippen molar-refractivity contribution in [1.29, 1.82) is 0 Å². The molecule has 0 saturated heterocycles. The maximum Gasteiger partial charge on any atom is 0.239 e. The third-order valence-electron chi connectivity index (χ3n) is 5.00. The summed E-state index contributed by atoms with van der Waals surface area (Å²) in [7, 11) is -4.33. The first-order valence-corrected chi connectivity index (χ1v) is 8.22. The molecule has 1 aromatic rings. The standard InChI is InChI=1S/C10H16O4S.C3H4N2/c1-9(2)7-3-4-10(9,8(11)5-7)6-15(12,13)14;1-2-5-3-4-1/h7H,3-6H2,1-2H3,(H,12,13,14);1-3H,(H,4,5)/t7?,10-;/m1./s1. The molecule has 1 aromatic heterocycles. The molecule has 2 aliphatic carbocycles. The Hall–Kier alpha value is -1.21. The van der Waals surface area contributed by atoms with Crippen LogP contribution in [-0.4, -0.2) is 29.5 Å². The van der Waals surface area contributed by atoms with E-state index < -0.39 is 21.3 Å². The van der Waals surface area contributed by atoms with E-state index in [-0.39, 0.29) is 17.1 Å². The van der Waals surface area contributed by atoms with E-state index >= 15 is 0 Å². The largest absolute Gasteiger partial charge is 0.748 e. The van der Waals surface area contributed by atoms with E-state index in [4.69, 9.17) is 0 Å². The summed E-state index contributed by atoms with van der Waals surface area (Å²) >= 11 is 0. The molecule has 3 rings (SSSR count). The fraction of sp³-hybridized carbons (Fsp3) is 0.692. The molecule has 0 aliphatic heterocycles. The molecule has 7 heteroatoms. The van der Waals surface area contributed by atoms with Gasteiger partial charge in [0.05, 0.1) is 15.9 Å². The molecule has 1 unspecified atom stereocenters. The Labute approximate surface area is 118 Å². The van der Waals surface area contributed by atoms with Gasteiger partial charge in [-0.3, -0.25) is 14.8 Å². The van der Waals surface area contributed by atoms with Crippen molar-refractivity contribution < 1.29 is 22.7 Å². The van der Waals surface area contributed by atoms with Crippen LogP contribution in [0.2, 0.25) is 0 Å². The van der Waals surface area contributed by atoms with Gasteiger partial charge in [-0.25, -0.2) is 8.42 Å². The van der Waals surface area contributed by atoms with Crippen molar-refractivity contribution in [2.75, 3.05) is 5.75 Å². The van der Waals surface area contributed by atoms with Gasteiger partial charge >= 0.3 is 0 Å². The first kappa shape index (κ1) is 15.2. The molecule has 0 spiro atoms. The summed E-state index contributed by atoms with van der Waals surface area (Å²) in [6.07, 6.45) is 7.27. The SMILES string of the molecule is CC1(C)C2CC[C@@]1(CS(=O)(=O)[O-])C(=O)C2.c1c[nH+]c[nH]1. The summed E-state index contributed by atoms with van der Waals surface area (Å²) in [5.41, 5.74) is -1.22. The molecular weight excluding hydrogens is 280 g/mol. The second kappa shape index (κ2) is 4.96. The monoisotopic (exact) mass is 300 g/mol. The quantitative estimate of drug-likeness (QED) is 0.814. The van der Waals surface area contributed by atoms with Gasteiger partial charge in [0.25, 0.3) is 0 Å². The fourth-order valence-corrected chi connectivity index (χ4v) is 4.93. The Morgan fingerprint density at radius 2 is 2.20 bits per heavy atom. The van der Waals surface area contributed by atoms with E-state index in [1.165, 1.54) is 0 Å². The maximum absolute atomic E-state index is 11.8. The molecular formula is C13H20N2O4S. The molecule has 112 valence electrons. The molecule has 20 heavy (non-hydrogen) atoms. The summed E-state index contributed by atoms with van der Waals surface area (Å²) in [6.45, 7) is 3.83. The van der Waals surface area contributed by atoms with E-state index in [2.05, 4.69) is 9.97 Å². The molecule has 6 nitrogen and oxygen atoms in total. The van der Waals surface area contributed by atoms with E-state index in [1.54, 1.807) is 6.33 Å². The predicted octanol–water partition coefficient (Wildman–Crippen LogP) is 0.756. The van der Waals surface area contributed by atoms with Crippen LogP contribution in [0.5, 0.6) is 0 Å². The summed E-state index contributed by atoms with van der Waals surface area (Å²) in [6, 6.07) is 0. The zero-order valence-corrected chi connectivity index (χ0v) is 12.5. The number of fused-ring (bicyclic) bond motifs is 2. The van der Waals surface area contributed by atoms with Crippen LogP contribution < -0.4 is 4.98 Å². The van der Waals surface area contributed by atoms with Crippen LogP contribution in [0.1, 0.15) is 33.1 Å². The van der Waals surface area contributed by atoms with Crippen LogP contribution in [0, 0.1) is 16.7 Å². The van der Waals surface area contributed by atoms with Crippen molar-refractivity contribution in [2.45, 2.75) is 33.1 Å². The molecule has 2 atom stereocenters. The van der Waals surface area contributed by atoms with Gasteiger partial charge in [-0.15, -0.1) is 0 Å². The topological polar surface area (TPSA) is 104 Å². The summed E-state index contributed by atoms with van der Waals surface area (Å²) < 4.78 is 32.7. The summed E-state index contributed by atoms with van der Waals surface area (Å²) in [4.78, 5) is 17.5. The second-order valence-corrected chi connectivity index (χ2v) is 7.58. The molecule has 2 bridgehead atoms. The predicted molar refractivity (Wildman–Crippen MR) is 70.5 cm³/mol. The van der Waals surface area contributed by atoms with Crippen LogP contribution in [0.15, 0.2) is 18.7 Å². The average molecular weight is 300 g/mol. The van der Waals surface area contributed by atoms with E-state index in [9.17, 15) is 17.8 Å². The number of hydrogen-bond donors (Lipinski definition) is 1. The second-order valence-electron chi connectivity index (χ2n) is 6.18. The van der Waals surface area contributed by atoms with Gasteiger partial charge in [0, 0.05) is 11.8 Å². The molecule has 2 fully saturated rings. The number of rotatable bonds is 2. The van der Waals surface area contributed by atoms with Crippen LogP contribution >= 0.6 is 0 Å². The Morgan fingerprint density at radius 3 is 2.50 bits per heavy atom. The van der Waals surface area contributed by atoms with Crippen LogP contribution in [0.4, 0.5) is 0 Å². The summed E-state index contributed by atoms with van der Waals surface area (Å²) in [5, 5.41) is 0. The first-order chi connectivity index (χ1) is 9.19. The number of aromatic nitrogens is 2. The van der Waals surface area contributed by atoms with Crippen molar-refractivity contribution >= 4 is 15.9 Å². The minimum absolute atomic E-state index is 0.0248. The Kier molecular flexibility index (Phi) is 3.77. The molecule has 0 amide bonds. The maximum atomic E-state index is 11.8. The van der Waals surface area contributed by atoms with Gasteiger partial charge in [0.2, 0.25) is 6.33 Å². The minimum Gasteiger partial charge on any atom is -0.748 e. The van der Waals surface area contributed by atoms with E-state index in [0.29, 0.717) is 12.8 Å². The zero-order chi connectivity index (χ0) is 15.0. The highest BCUT2D eigenvalue weighted by atomic mass is 32.2. The third kappa shape index (κ3) is 2.52. The molecule has 0 aromatic carbocycles. The highest BCUT2D eigenvalue weighted by Gasteiger charge is 2.64. The Bertz CT molecular complexity index is 562. The van der Waals surface area contributed by atoms with Gasteiger partial charge in [0.1, 0.15) is 18.2 Å². The Morgan fingerprint density at radius 1 is 1.50 bits per heavy atom. The smallest absolute Gasteiger partial charge is 0.239 e. The number of nitrogens with one attached hydrogen (secondary N) is 2. The fourth-order valence-electron chi connectivity index (χ4n) is 3.65. The number of H-pyrrole nitrogens is 2. The number of imidazole rings is 1. The summed E-state index contributed by atoms with van der Waals surface area (Å²) in [5.74, 6) is -0.280. The van der Waals surface area contributed by atoms with Crippen LogP contribution in [0.25, 0.3) is 0 Å². The van der Waals surface area contributed by atoms with Crippen molar-refractivity contribution in [3.63, 3.8) is 0 Å². The number of ketones is 1. The first-order valence-electron chi connectivity index (χ1n) is 6.65. The van der Waals surface area contributed by atoms with Crippen molar-refractivity contribution in [1.82, 2.24) is 4.98 Å². The molecule has 2 aliphatic rings. The van der Waals surface area contributed by atoms with Crippen LogP contribution in [-0.2, 0) is 14.9 Å². The molecule has 1 heterocycles. The van der Waals surface area contributed by atoms with Crippen molar-refractivity contribution in [3.05, 3.63) is 18.7 Å². The molecule has 0 radical (unpaired) electrons. The minimum atomic E-state index is -4.33. The highest BCUT2D eigenvalue weighted by molar-refractivity contribution is 7.85. The number of Topliss-reactive ketones (excluding diaryl/α,β-unsaturated/α-hetero) is 1. The van der Waals surface area contributed by atoms with Gasteiger partial charge in [-0.2, -0.15) is 0 Å². The lowest BCUT2D eigenvalue weighted by Gasteiger charge is -2.37. The van der Waals surface area contributed by atoms with Crippen molar-refractivity contribution in [3.8, 4) is 0 Å². The highest BCUT2D eigenvalue weighted by Crippen LogP contribution is 2.64. The van der Waals surface area contributed by atoms with Gasteiger partial charge in [-0.1, -0.05) is 13.8 Å². The van der Waals surface area contributed by atoms with Crippen molar-refractivity contribution in [2.24, 2.45) is 16.7 Å². The normalized spacial score (nSPS) is 30.9. The average Bonchev–Trinajstić information content (AvgIpc) is 2.97. The lowest BCUT2D eigenvalue weighted by molar-refractivity contribution is -0.375. The number of hydrogen-bond acceptors (Lipinski definition) is 4. The molecule has 2 saturated carbocycles. The lowest BCUT2D eigenvalue weighted by atomic mass is 9.70. The Balaban J connectivity index is 0.000000247. The number of aromatic amines is 2. The lowest BCUT2D eigenvalue weighted by Crippen LogP contribution is -2.42. The van der Waals surface area contributed by atoms with Crippen LogP contribution in [0.3, 0.4) is 0 Å².